The fourth-order valence-electron chi connectivity index (χ4n) is 2.69. The van der Waals surface area contributed by atoms with Crippen molar-refractivity contribution in [3.8, 4) is 0 Å². The topological polar surface area (TPSA) is 43.8 Å². The minimum atomic E-state index is -1.85. The molecule has 1 N–H and O–H groups in total. The van der Waals surface area contributed by atoms with Crippen LogP contribution in [0.15, 0.2) is 0 Å². The number of alkyl halides is 1. The highest BCUT2D eigenvalue weighted by molar-refractivity contribution is 7.79. The first-order valence-corrected chi connectivity index (χ1v) is 7.54. The van der Waals surface area contributed by atoms with Crippen molar-refractivity contribution in [1.82, 2.24) is 9.80 Å². The maximum atomic E-state index is 13.1. The Bertz CT molecular complexity index is 274. The van der Waals surface area contributed by atoms with Gasteiger partial charge in [-0.15, -0.1) is 0 Å². The Kier molecular flexibility index (Phi) is 4.90. The zero-order valence-corrected chi connectivity index (χ0v) is 10.9. The summed E-state index contributed by atoms with van der Waals surface area (Å²) in [5.41, 5.74) is 0. The molecule has 0 amide bonds. The molecule has 0 bridgehead atoms. The van der Waals surface area contributed by atoms with Crippen LogP contribution in [0.4, 0.5) is 4.39 Å². The molecule has 2 heterocycles. The molecule has 2 fully saturated rings. The summed E-state index contributed by atoms with van der Waals surface area (Å²) in [5.74, 6) is 0. The molecule has 0 aliphatic carbocycles. The molecular weight excluding hydrogens is 243 g/mol. The molecule has 6 heteroatoms. The Morgan fingerprint density at radius 3 is 2.53 bits per heavy atom. The summed E-state index contributed by atoms with van der Waals surface area (Å²) in [6, 6.07) is 0. The van der Waals surface area contributed by atoms with Gasteiger partial charge in [0.1, 0.15) is 11.5 Å². The van der Waals surface area contributed by atoms with E-state index in [1.807, 2.05) is 4.90 Å². The predicted molar refractivity (Wildman–Crippen MR) is 65.9 cm³/mol. The number of nitrogens with zero attached hydrogens (tertiary/aromatic N) is 2. The van der Waals surface area contributed by atoms with Crippen molar-refractivity contribution in [3.05, 3.63) is 0 Å². The summed E-state index contributed by atoms with van der Waals surface area (Å²) in [6.07, 6.45) is 3.20. The largest absolute Gasteiger partial charge is 0.305 e. The van der Waals surface area contributed by atoms with Crippen molar-refractivity contribution >= 4 is 11.1 Å². The number of piperidine rings is 1. The van der Waals surface area contributed by atoms with Gasteiger partial charge >= 0.3 is 0 Å². The Balaban J connectivity index is 1.90. The highest BCUT2D eigenvalue weighted by Gasteiger charge is 2.30. The SMILES string of the molecule is O=S(O)C(CN1CC[C@H](F)C1)N1CCCCC1. The summed E-state index contributed by atoms with van der Waals surface area (Å²) in [5, 5.41) is -0.347. The standard InChI is InChI=1S/C11H21FN2O2S/c12-10-4-7-13(8-10)9-11(17(15)16)14-5-2-1-3-6-14/h10-11H,1-9H2,(H,15,16)/t10-,11?/m0/s1. The van der Waals surface area contributed by atoms with Gasteiger partial charge in [0.15, 0.2) is 11.1 Å². The van der Waals surface area contributed by atoms with E-state index < -0.39 is 17.3 Å². The molecule has 0 spiro atoms. The van der Waals surface area contributed by atoms with E-state index in [1.165, 1.54) is 6.42 Å². The van der Waals surface area contributed by atoms with Crippen molar-refractivity contribution < 1.29 is 13.2 Å². The molecular formula is C11H21FN2O2S. The third kappa shape index (κ3) is 3.71. The predicted octanol–water partition coefficient (Wildman–Crippen LogP) is 1.06. The number of hydrogen-bond donors (Lipinski definition) is 1. The Labute approximate surface area is 104 Å². The fourth-order valence-corrected chi connectivity index (χ4v) is 3.49. The molecule has 100 valence electrons. The third-order valence-electron chi connectivity index (χ3n) is 3.66. The van der Waals surface area contributed by atoms with Gasteiger partial charge in [0.05, 0.1) is 0 Å². The monoisotopic (exact) mass is 264 g/mol. The van der Waals surface area contributed by atoms with E-state index in [0.29, 0.717) is 26.1 Å². The van der Waals surface area contributed by atoms with Crippen LogP contribution < -0.4 is 0 Å². The maximum Gasteiger partial charge on any atom is 0.172 e. The van der Waals surface area contributed by atoms with Crippen molar-refractivity contribution in [2.24, 2.45) is 0 Å². The summed E-state index contributed by atoms with van der Waals surface area (Å²) in [4.78, 5) is 4.06. The lowest BCUT2D eigenvalue weighted by molar-refractivity contribution is 0.165. The minimum Gasteiger partial charge on any atom is -0.305 e. The second-order valence-corrected chi connectivity index (χ2v) is 6.07. The molecule has 2 unspecified atom stereocenters. The molecule has 2 saturated heterocycles. The van der Waals surface area contributed by atoms with Gasteiger partial charge in [0, 0.05) is 19.6 Å². The van der Waals surface area contributed by atoms with Crippen LogP contribution in [0.1, 0.15) is 25.7 Å². The van der Waals surface area contributed by atoms with Crippen LogP contribution in [0.3, 0.4) is 0 Å². The van der Waals surface area contributed by atoms with E-state index in [2.05, 4.69) is 4.90 Å². The molecule has 17 heavy (non-hydrogen) atoms. The molecule has 2 rings (SSSR count). The number of likely N-dealkylation sites (tertiary alicyclic amines) is 2. The van der Waals surface area contributed by atoms with Crippen LogP contribution in [0.25, 0.3) is 0 Å². The van der Waals surface area contributed by atoms with Crippen LogP contribution in [-0.2, 0) is 11.1 Å². The van der Waals surface area contributed by atoms with Crippen LogP contribution in [-0.4, -0.2) is 62.8 Å². The minimum absolute atomic E-state index is 0.347. The first kappa shape index (κ1) is 13.4. The summed E-state index contributed by atoms with van der Waals surface area (Å²) in [6.45, 7) is 3.43. The third-order valence-corrected chi connectivity index (χ3v) is 4.57. The zero-order chi connectivity index (χ0) is 12.3. The molecule has 3 atom stereocenters. The van der Waals surface area contributed by atoms with Gasteiger partial charge in [-0.05, 0) is 32.4 Å². The van der Waals surface area contributed by atoms with E-state index in [4.69, 9.17) is 0 Å². The van der Waals surface area contributed by atoms with E-state index in [9.17, 15) is 13.2 Å². The van der Waals surface area contributed by atoms with Gasteiger partial charge in [-0.25, -0.2) is 8.60 Å². The second kappa shape index (κ2) is 6.22. The zero-order valence-electron chi connectivity index (χ0n) is 10.1. The van der Waals surface area contributed by atoms with Gasteiger partial charge in [0.2, 0.25) is 0 Å². The van der Waals surface area contributed by atoms with E-state index in [1.54, 1.807) is 0 Å². The van der Waals surface area contributed by atoms with Crippen LogP contribution in [0, 0.1) is 0 Å². The van der Waals surface area contributed by atoms with Gasteiger partial charge in [-0.2, -0.15) is 0 Å². The van der Waals surface area contributed by atoms with Gasteiger partial charge < -0.3 is 4.55 Å². The first-order valence-electron chi connectivity index (χ1n) is 6.37. The average molecular weight is 264 g/mol. The van der Waals surface area contributed by atoms with Crippen molar-refractivity contribution in [2.75, 3.05) is 32.7 Å². The lowest BCUT2D eigenvalue weighted by Crippen LogP contribution is -2.48. The molecule has 0 saturated carbocycles. The van der Waals surface area contributed by atoms with E-state index >= 15 is 0 Å². The van der Waals surface area contributed by atoms with Gasteiger partial charge in [-0.3, -0.25) is 9.80 Å². The Morgan fingerprint density at radius 1 is 1.29 bits per heavy atom. The number of halogens is 1. The maximum absolute atomic E-state index is 13.1. The van der Waals surface area contributed by atoms with Gasteiger partial charge in [-0.1, -0.05) is 6.42 Å². The molecule has 0 aromatic rings. The van der Waals surface area contributed by atoms with Crippen molar-refractivity contribution in [2.45, 2.75) is 37.2 Å². The fraction of sp³-hybridized carbons (Fsp3) is 1.00. The highest BCUT2D eigenvalue weighted by atomic mass is 32.2. The number of rotatable bonds is 4. The summed E-state index contributed by atoms with van der Waals surface area (Å²) < 4.78 is 33.9. The van der Waals surface area contributed by atoms with Crippen LogP contribution >= 0.6 is 0 Å². The normalized spacial score (nSPS) is 31.5. The van der Waals surface area contributed by atoms with Crippen molar-refractivity contribution in [1.29, 1.82) is 0 Å². The lowest BCUT2D eigenvalue weighted by Gasteiger charge is -2.34. The quantitative estimate of drug-likeness (QED) is 0.771. The molecule has 0 aromatic carbocycles. The summed E-state index contributed by atoms with van der Waals surface area (Å²) >= 11 is -1.85. The van der Waals surface area contributed by atoms with Gasteiger partial charge in [0.25, 0.3) is 0 Å². The highest BCUT2D eigenvalue weighted by Crippen LogP contribution is 2.18. The second-order valence-electron chi connectivity index (χ2n) is 4.97. The molecule has 2 aliphatic rings. The Morgan fingerprint density at radius 2 is 2.00 bits per heavy atom. The lowest BCUT2D eigenvalue weighted by atomic mass is 10.1. The first-order chi connectivity index (χ1) is 8.16. The molecule has 0 radical (unpaired) electrons. The van der Waals surface area contributed by atoms with Crippen LogP contribution in [0.2, 0.25) is 0 Å². The van der Waals surface area contributed by atoms with Crippen molar-refractivity contribution in [3.63, 3.8) is 0 Å². The smallest absolute Gasteiger partial charge is 0.172 e. The molecule has 0 aromatic heterocycles. The summed E-state index contributed by atoms with van der Waals surface area (Å²) in [7, 11) is 0. The Hall–Kier alpha value is -0.0400. The van der Waals surface area contributed by atoms with E-state index in [-0.39, 0.29) is 5.37 Å². The van der Waals surface area contributed by atoms with Crippen LogP contribution in [0.5, 0.6) is 0 Å². The average Bonchev–Trinajstić information content (AvgIpc) is 2.73. The van der Waals surface area contributed by atoms with E-state index in [0.717, 1.165) is 25.9 Å². The molecule has 4 nitrogen and oxygen atoms in total. The number of hydrogen-bond acceptors (Lipinski definition) is 3. The molecule has 2 aliphatic heterocycles.